The quantitative estimate of drug-likeness (QED) is 0.133. The number of benzene rings is 1. The Morgan fingerprint density at radius 3 is 2.41 bits per heavy atom. The fourth-order valence-electron chi connectivity index (χ4n) is 7.07. The van der Waals surface area contributed by atoms with Gasteiger partial charge in [0, 0.05) is 29.4 Å². The molecular weight excluding hydrogens is 724 g/mol. The van der Waals surface area contributed by atoms with E-state index in [1.807, 2.05) is 27.7 Å². The van der Waals surface area contributed by atoms with Gasteiger partial charge in [0.15, 0.2) is 5.78 Å². The number of likely N-dealkylation sites (tertiary alicyclic amines) is 1. The molecule has 5 atom stereocenters. The van der Waals surface area contributed by atoms with Crippen LogP contribution in [0.4, 0.5) is 4.79 Å². The van der Waals surface area contributed by atoms with Crippen LogP contribution in [0.15, 0.2) is 30.9 Å². The third-order valence-corrected chi connectivity index (χ3v) is 10.6. The number of ketones is 1. The molecule has 3 fully saturated rings. The number of methoxy groups -OCH3 is 2. The minimum absolute atomic E-state index is 0.0281. The molecule has 2 N–H and O–H groups in total. The highest BCUT2D eigenvalue weighted by molar-refractivity contribution is 9.09. The number of nitrogens with zero attached hydrogens (tertiary/aromatic N) is 2. The number of nitrogens with one attached hydrogen (secondary N) is 2. The molecule has 2 saturated carbocycles. The fourth-order valence-corrected chi connectivity index (χ4v) is 7.36. The molecule has 1 aliphatic heterocycles. The van der Waals surface area contributed by atoms with Gasteiger partial charge in [0.2, 0.25) is 11.8 Å². The number of carbonyl (C=O) groups is 5. The summed E-state index contributed by atoms with van der Waals surface area (Å²) in [5, 5.41) is 6.30. The Hall–Kier alpha value is -4.20. The number of carbonyl (C=O) groups excluding carboxylic acids is 5. The Morgan fingerprint density at radius 2 is 1.82 bits per heavy atom. The molecular formula is C37H47BrN4O9. The molecule has 3 aliphatic rings. The largest absolute Gasteiger partial charge is 0.496 e. The number of aromatic nitrogens is 1. The summed E-state index contributed by atoms with van der Waals surface area (Å²) < 4.78 is 22.7. The van der Waals surface area contributed by atoms with Crippen LogP contribution in [0, 0.1) is 18.3 Å². The second-order valence-corrected chi connectivity index (χ2v) is 15.1. The van der Waals surface area contributed by atoms with E-state index in [1.165, 1.54) is 12.0 Å². The van der Waals surface area contributed by atoms with E-state index >= 15 is 0 Å². The van der Waals surface area contributed by atoms with Gasteiger partial charge < -0.3 is 34.5 Å². The number of Topliss-reactive ketones (excluding diaryl/α,β-unsaturated/α-hetero) is 1. The lowest BCUT2D eigenvalue weighted by Crippen LogP contribution is -2.59. The van der Waals surface area contributed by atoms with Crippen molar-refractivity contribution in [1.29, 1.82) is 0 Å². The zero-order valence-electron chi connectivity index (χ0n) is 30.0. The second-order valence-electron chi connectivity index (χ2n) is 14.6. The average Bonchev–Trinajstić information content (AvgIpc) is 3.36. The first kappa shape index (κ1) is 38.0. The highest BCUT2D eigenvalue weighted by Gasteiger charge is 2.62. The van der Waals surface area contributed by atoms with Crippen LogP contribution < -0.4 is 20.1 Å². The lowest BCUT2D eigenvalue weighted by atomic mass is 9.85. The van der Waals surface area contributed by atoms with E-state index in [2.05, 4.69) is 38.1 Å². The van der Waals surface area contributed by atoms with Crippen LogP contribution >= 0.6 is 15.9 Å². The van der Waals surface area contributed by atoms with E-state index in [1.54, 1.807) is 31.4 Å². The minimum atomic E-state index is -1.29. The molecule has 1 aromatic carbocycles. The van der Waals surface area contributed by atoms with E-state index in [4.69, 9.17) is 18.9 Å². The Morgan fingerprint density at radius 1 is 1.12 bits per heavy atom. The third kappa shape index (κ3) is 7.85. The summed E-state index contributed by atoms with van der Waals surface area (Å²) in [5.74, 6) is -1.35. The zero-order valence-corrected chi connectivity index (χ0v) is 31.6. The van der Waals surface area contributed by atoms with Gasteiger partial charge in [0.25, 0.3) is 0 Å². The van der Waals surface area contributed by atoms with Gasteiger partial charge in [-0.2, -0.15) is 0 Å². The molecule has 2 aromatic rings. The van der Waals surface area contributed by atoms with Gasteiger partial charge in [-0.15, -0.1) is 6.58 Å². The predicted octanol–water partition coefficient (Wildman–Crippen LogP) is 4.80. The number of amides is 3. The first-order valence-corrected chi connectivity index (χ1v) is 18.3. The van der Waals surface area contributed by atoms with E-state index in [0.29, 0.717) is 34.4 Å². The van der Waals surface area contributed by atoms with Crippen LogP contribution in [-0.2, 0) is 23.9 Å². The van der Waals surface area contributed by atoms with Crippen molar-refractivity contribution in [1.82, 2.24) is 20.5 Å². The Kier molecular flexibility index (Phi) is 11.3. The van der Waals surface area contributed by atoms with Crippen LogP contribution in [-0.4, -0.2) is 95.5 Å². The summed E-state index contributed by atoms with van der Waals surface area (Å²) in [6.07, 6.45) is 3.79. The monoisotopic (exact) mass is 770 g/mol. The number of rotatable bonds is 12. The summed E-state index contributed by atoms with van der Waals surface area (Å²) in [5.41, 5.74) is -0.669. The molecule has 5 rings (SSSR count). The van der Waals surface area contributed by atoms with Gasteiger partial charge in [-0.3, -0.25) is 14.4 Å². The number of fused-ring (bicyclic) bond motifs is 1. The van der Waals surface area contributed by atoms with Gasteiger partial charge in [0.05, 0.1) is 31.6 Å². The standard InChI is InChI=1S/C37H47BrN4O9/c1-8-21-17-37(21,34(46)49-7)41-32(44)26-15-23(19-42(26)33(45)31(36(3,4)5)40-35(47)51-22-11-9-10-12-22)50-29-16-25(27(43)18-38)39-30-20(2)28(48-6)14-13-24(29)30/h8,13-14,16,21-23,26,31H,1,9-12,15,17-19H2,2-7H3,(H,40,47)(H,41,44)/t21?,23-,26+,31-,37-/m1/s1. The Labute approximate surface area is 306 Å². The molecule has 51 heavy (non-hydrogen) atoms. The van der Waals surface area contributed by atoms with Crippen molar-refractivity contribution >= 4 is 56.5 Å². The van der Waals surface area contributed by atoms with Crippen LogP contribution in [0.1, 0.15) is 75.3 Å². The highest BCUT2D eigenvalue weighted by Crippen LogP contribution is 2.46. The number of halogens is 1. The van der Waals surface area contributed by atoms with Crippen molar-refractivity contribution in [3.8, 4) is 11.5 Å². The number of hydrogen-bond acceptors (Lipinski definition) is 10. The van der Waals surface area contributed by atoms with Crippen LogP contribution in [0.3, 0.4) is 0 Å². The molecule has 14 heteroatoms. The molecule has 13 nitrogen and oxygen atoms in total. The maximum absolute atomic E-state index is 14.5. The number of pyridine rings is 1. The normalized spacial score (nSPS) is 23.7. The van der Waals surface area contributed by atoms with Gasteiger partial charge in [0.1, 0.15) is 47.0 Å². The maximum atomic E-state index is 14.5. The third-order valence-electron chi connectivity index (χ3n) is 10.1. The number of hydrogen-bond donors (Lipinski definition) is 2. The van der Waals surface area contributed by atoms with Crippen molar-refractivity contribution < 1.29 is 42.9 Å². The van der Waals surface area contributed by atoms with Crippen molar-refractivity contribution in [2.24, 2.45) is 11.3 Å². The average molecular weight is 772 g/mol. The molecule has 1 saturated heterocycles. The summed E-state index contributed by atoms with van der Waals surface area (Å²) in [7, 11) is 2.80. The van der Waals surface area contributed by atoms with E-state index in [0.717, 1.165) is 25.7 Å². The highest BCUT2D eigenvalue weighted by atomic mass is 79.9. The summed E-state index contributed by atoms with van der Waals surface area (Å²) in [4.78, 5) is 73.4. The zero-order chi connectivity index (χ0) is 37.2. The summed E-state index contributed by atoms with van der Waals surface area (Å²) in [6.45, 7) is 11.0. The number of esters is 1. The van der Waals surface area contributed by atoms with Crippen LogP contribution in [0.5, 0.6) is 11.5 Å². The van der Waals surface area contributed by atoms with Crippen molar-refractivity contribution in [2.75, 3.05) is 26.1 Å². The Bertz CT molecular complexity index is 1720. The molecule has 0 radical (unpaired) electrons. The number of alkyl halides is 1. The molecule has 1 aromatic heterocycles. The predicted molar refractivity (Wildman–Crippen MR) is 192 cm³/mol. The number of ether oxygens (including phenoxy) is 4. The SMILES string of the molecule is C=CC1C[C@]1(NC(=O)[C@@H]1C[C@@H](Oc2cc(C(=O)CBr)nc3c(C)c(OC)ccc23)CN1C(=O)[C@@H](NC(=O)OC1CCCC1)C(C)(C)C)C(=O)OC. The molecule has 0 bridgehead atoms. The number of aryl methyl sites for hydroxylation is 1. The van der Waals surface area contributed by atoms with Gasteiger partial charge in [-0.05, 0) is 56.6 Å². The second kappa shape index (κ2) is 15.2. The van der Waals surface area contributed by atoms with Gasteiger partial charge >= 0.3 is 12.1 Å². The van der Waals surface area contributed by atoms with E-state index < -0.39 is 53.0 Å². The van der Waals surface area contributed by atoms with Crippen LogP contribution in [0.2, 0.25) is 0 Å². The molecule has 3 amide bonds. The molecule has 2 heterocycles. The molecule has 0 spiro atoms. The molecule has 2 aliphatic carbocycles. The maximum Gasteiger partial charge on any atom is 0.408 e. The first-order chi connectivity index (χ1) is 24.2. The smallest absolute Gasteiger partial charge is 0.408 e. The summed E-state index contributed by atoms with van der Waals surface area (Å²) in [6, 6.07) is 2.98. The van der Waals surface area contributed by atoms with Crippen molar-refractivity contribution in [2.45, 2.75) is 96.1 Å². The van der Waals surface area contributed by atoms with Gasteiger partial charge in [-0.25, -0.2) is 14.6 Å². The lowest BCUT2D eigenvalue weighted by molar-refractivity contribution is -0.148. The topological polar surface area (TPSA) is 162 Å². The van der Waals surface area contributed by atoms with Crippen LogP contribution in [0.25, 0.3) is 10.9 Å². The van der Waals surface area contributed by atoms with E-state index in [-0.39, 0.29) is 41.8 Å². The molecule has 1 unspecified atom stereocenters. The fraction of sp³-hybridized carbons (Fsp3) is 0.568. The van der Waals surface area contributed by atoms with Crippen molar-refractivity contribution in [3.05, 3.63) is 42.1 Å². The summed E-state index contributed by atoms with van der Waals surface area (Å²) >= 11 is 3.23. The molecule has 276 valence electrons. The Balaban J connectivity index is 1.49. The first-order valence-electron chi connectivity index (χ1n) is 17.2. The lowest BCUT2D eigenvalue weighted by Gasteiger charge is -2.35. The minimum Gasteiger partial charge on any atom is -0.496 e. The van der Waals surface area contributed by atoms with Gasteiger partial charge in [-0.1, -0.05) is 42.8 Å². The van der Waals surface area contributed by atoms with E-state index in [9.17, 15) is 24.0 Å². The van der Waals surface area contributed by atoms with Crippen molar-refractivity contribution in [3.63, 3.8) is 0 Å². The number of alkyl carbamates (subject to hydrolysis) is 1.